The van der Waals surface area contributed by atoms with Crippen LogP contribution in [0.3, 0.4) is 0 Å². The van der Waals surface area contributed by atoms with Crippen LogP contribution < -0.4 is 14.8 Å². The molecule has 0 saturated heterocycles. The van der Waals surface area contributed by atoms with Crippen molar-refractivity contribution in [3.63, 3.8) is 0 Å². The second-order valence-corrected chi connectivity index (χ2v) is 8.04. The van der Waals surface area contributed by atoms with E-state index in [-0.39, 0.29) is 5.78 Å². The molecule has 2 atom stereocenters. The summed E-state index contributed by atoms with van der Waals surface area (Å²) in [6, 6.07) is 19.8. The lowest BCUT2D eigenvalue weighted by molar-refractivity contribution is -0.140. The fourth-order valence-corrected chi connectivity index (χ4v) is 4.46. The molecule has 0 radical (unpaired) electrons. The van der Waals surface area contributed by atoms with Gasteiger partial charge < -0.3 is 19.6 Å². The van der Waals surface area contributed by atoms with Crippen molar-refractivity contribution in [2.75, 3.05) is 19.5 Å². The first kappa shape index (κ1) is 20.8. The summed E-state index contributed by atoms with van der Waals surface area (Å²) >= 11 is 0. The van der Waals surface area contributed by atoms with Gasteiger partial charge in [0, 0.05) is 22.4 Å². The maximum absolute atomic E-state index is 14.0. The third-order valence-corrected chi connectivity index (χ3v) is 6.16. The number of hydrogen-bond acceptors (Lipinski definition) is 6. The van der Waals surface area contributed by atoms with Crippen molar-refractivity contribution in [1.29, 1.82) is 0 Å². The van der Waals surface area contributed by atoms with Crippen molar-refractivity contribution in [1.82, 2.24) is 0 Å². The quantitative estimate of drug-likeness (QED) is 0.602. The van der Waals surface area contributed by atoms with Crippen LogP contribution in [0.1, 0.15) is 27.0 Å². The van der Waals surface area contributed by atoms with Gasteiger partial charge >= 0.3 is 0 Å². The zero-order chi connectivity index (χ0) is 23.2. The Bertz CT molecular complexity index is 1300. The van der Waals surface area contributed by atoms with Gasteiger partial charge in [-0.3, -0.25) is 9.59 Å². The average molecular weight is 442 g/mol. The molecule has 2 aliphatic rings. The number of anilines is 1. The number of ketones is 1. The van der Waals surface area contributed by atoms with Crippen molar-refractivity contribution >= 4 is 23.1 Å². The van der Waals surface area contributed by atoms with Crippen LogP contribution in [-0.4, -0.2) is 31.6 Å². The van der Waals surface area contributed by atoms with Gasteiger partial charge in [0.15, 0.2) is 17.3 Å². The number of benzene rings is 3. The molecule has 7 heteroatoms. The Labute approximate surface area is 191 Å². The Morgan fingerprint density at radius 3 is 2.45 bits per heavy atom. The van der Waals surface area contributed by atoms with Crippen LogP contribution in [0.5, 0.6) is 11.5 Å². The number of carbonyl (C=O) groups is 2. The number of hydrogen-bond donors (Lipinski definition) is 1. The maximum atomic E-state index is 14.0. The van der Waals surface area contributed by atoms with Gasteiger partial charge in [-0.1, -0.05) is 53.2 Å². The average Bonchev–Trinajstić information content (AvgIpc) is 3.37. The van der Waals surface area contributed by atoms with Crippen LogP contribution in [0.15, 0.2) is 71.9 Å². The molecule has 0 aromatic heterocycles. The molecule has 33 heavy (non-hydrogen) atoms. The molecular formula is C26H22N2O5. The molecule has 0 bridgehead atoms. The number of aryl methyl sites for hydroxylation is 1. The number of Topliss-reactive ketones (excluding diaryl/α,β-unsaturated/α-hetero) is 1. The van der Waals surface area contributed by atoms with E-state index < -0.39 is 17.4 Å². The summed E-state index contributed by atoms with van der Waals surface area (Å²) in [7, 11) is 3.03. The summed E-state index contributed by atoms with van der Waals surface area (Å²) in [5.74, 6) is -0.806. The number of oxime groups is 1. The van der Waals surface area contributed by atoms with Crippen molar-refractivity contribution in [3.05, 3.63) is 89.0 Å². The van der Waals surface area contributed by atoms with Crippen LogP contribution in [0, 0.1) is 12.8 Å². The lowest BCUT2D eigenvalue weighted by Crippen LogP contribution is -2.46. The van der Waals surface area contributed by atoms with E-state index in [4.69, 9.17) is 14.3 Å². The van der Waals surface area contributed by atoms with E-state index in [1.807, 2.05) is 43.3 Å². The number of amides is 1. The Morgan fingerprint density at radius 1 is 1.00 bits per heavy atom. The van der Waals surface area contributed by atoms with E-state index >= 15 is 0 Å². The Kier molecular flexibility index (Phi) is 4.89. The second-order valence-electron chi connectivity index (χ2n) is 8.04. The molecule has 7 nitrogen and oxygen atoms in total. The number of rotatable bonds is 5. The number of nitrogens with zero attached hydrogens (tertiary/aromatic N) is 1. The van der Waals surface area contributed by atoms with Crippen molar-refractivity contribution in [3.8, 4) is 11.5 Å². The predicted molar refractivity (Wildman–Crippen MR) is 123 cm³/mol. The minimum Gasteiger partial charge on any atom is -0.493 e. The summed E-state index contributed by atoms with van der Waals surface area (Å²) in [5.41, 5.74) is 2.14. The molecule has 0 aliphatic carbocycles. The summed E-state index contributed by atoms with van der Waals surface area (Å²) in [4.78, 5) is 33.3. The number of nitrogens with one attached hydrogen (secondary N) is 1. The van der Waals surface area contributed by atoms with Crippen molar-refractivity contribution < 1.29 is 23.9 Å². The van der Waals surface area contributed by atoms with Crippen LogP contribution >= 0.6 is 0 Å². The molecule has 3 aromatic rings. The fourth-order valence-electron chi connectivity index (χ4n) is 4.46. The summed E-state index contributed by atoms with van der Waals surface area (Å²) in [5, 5.41) is 7.16. The number of para-hydroxylation sites is 1. The van der Waals surface area contributed by atoms with Gasteiger partial charge in [0.25, 0.3) is 11.5 Å². The molecule has 0 unspecified atom stereocenters. The third-order valence-electron chi connectivity index (χ3n) is 6.16. The molecule has 5 rings (SSSR count). The fraction of sp³-hybridized carbons (Fsp3) is 0.192. The maximum Gasteiger partial charge on any atom is 0.277 e. The highest BCUT2D eigenvalue weighted by Crippen LogP contribution is 2.50. The molecule has 1 N–H and O–H groups in total. The van der Waals surface area contributed by atoms with Gasteiger partial charge in [0.2, 0.25) is 0 Å². The SMILES string of the molecule is COc1ccc(C(=O)[C@H]2C(c3ccc(C)cc3)=NO[C@@]23C(=O)Nc2ccccc23)cc1OC. The third kappa shape index (κ3) is 3.08. The van der Waals surface area contributed by atoms with E-state index in [1.54, 1.807) is 30.3 Å². The van der Waals surface area contributed by atoms with Gasteiger partial charge in [0.05, 0.1) is 14.2 Å². The first-order chi connectivity index (χ1) is 16.0. The van der Waals surface area contributed by atoms with E-state index in [0.717, 1.165) is 5.56 Å². The lowest BCUT2D eigenvalue weighted by Gasteiger charge is -2.27. The van der Waals surface area contributed by atoms with E-state index in [0.29, 0.717) is 39.6 Å². The highest BCUT2D eigenvalue weighted by Gasteiger charge is 2.63. The Hall–Kier alpha value is -4.13. The number of ether oxygens (including phenoxy) is 2. The predicted octanol–water partition coefficient (Wildman–Crippen LogP) is 4.09. The number of methoxy groups -OCH3 is 2. The zero-order valence-electron chi connectivity index (χ0n) is 18.4. The monoisotopic (exact) mass is 442 g/mol. The largest absolute Gasteiger partial charge is 0.493 e. The summed E-state index contributed by atoms with van der Waals surface area (Å²) in [6.07, 6.45) is 0. The van der Waals surface area contributed by atoms with E-state index in [9.17, 15) is 9.59 Å². The Balaban J connectivity index is 1.68. The molecule has 0 fully saturated rings. The highest BCUT2D eigenvalue weighted by molar-refractivity contribution is 6.24. The first-order valence-electron chi connectivity index (χ1n) is 10.5. The van der Waals surface area contributed by atoms with Gasteiger partial charge in [-0.25, -0.2) is 0 Å². The first-order valence-corrected chi connectivity index (χ1v) is 10.5. The minimum absolute atomic E-state index is 0.306. The van der Waals surface area contributed by atoms with Crippen LogP contribution in [0.25, 0.3) is 0 Å². The molecule has 3 aromatic carbocycles. The minimum atomic E-state index is -1.60. The highest BCUT2D eigenvalue weighted by atomic mass is 16.7. The standard InChI is InChI=1S/C26H22N2O5/c1-15-8-10-16(11-9-15)23-22(24(29)17-12-13-20(31-2)21(14-17)32-3)26(33-28-23)18-6-4-5-7-19(18)27-25(26)30/h4-14,22H,1-3H3,(H,27,30)/t22-,26-/m1/s1. The Morgan fingerprint density at radius 2 is 1.73 bits per heavy atom. The summed E-state index contributed by atoms with van der Waals surface area (Å²) in [6.45, 7) is 1.98. The molecule has 1 spiro atoms. The zero-order valence-corrected chi connectivity index (χ0v) is 18.4. The van der Waals surface area contributed by atoms with Gasteiger partial charge in [-0.15, -0.1) is 0 Å². The van der Waals surface area contributed by atoms with Crippen molar-refractivity contribution in [2.45, 2.75) is 12.5 Å². The van der Waals surface area contributed by atoms with E-state index in [2.05, 4.69) is 10.5 Å². The summed E-state index contributed by atoms with van der Waals surface area (Å²) < 4.78 is 10.7. The van der Waals surface area contributed by atoms with Gasteiger partial charge in [0.1, 0.15) is 11.6 Å². The molecule has 166 valence electrons. The number of carbonyl (C=O) groups excluding carboxylic acids is 2. The van der Waals surface area contributed by atoms with Crippen molar-refractivity contribution in [2.24, 2.45) is 11.1 Å². The van der Waals surface area contributed by atoms with Crippen LogP contribution in [-0.2, 0) is 15.2 Å². The van der Waals surface area contributed by atoms with Crippen LogP contribution in [0.4, 0.5) is 5.69 Å². The van der Waals surface area contributed by atoms with Gasteiger partial charge in [-0.2, -0.15) is 0 Å². The lowest BCUT2D eigenvalue weighted by atomic mass is 9.74. The van der Waals surface area contributed by atoms with Crippen LogP contribution in [0.2, 0.25) is 0 Å². The number of fused-ring (bicyclic) bond motifs is 2. The normalized spacial score (nSPS) is 20.6. The second kappa shape index (κ2) is 7.78. The molecular weight excluding hydrogens is 420 g/mol. The van der Waals surface area contributed by atoms with E-state index in [1.165, 1.54) is 14.2 Å². The van der Waals surface area contributed by atoms with Gasteiger partial charge in [-0.05, 0) is 31.2 Å². The smallest absolute Gasteiger partial charge is 0.277 e. The molecule has 2 aliphatic heterocycles. The molecule has 2 heterocycles. The molecule has 1 amide bonds. The topological polar surface area (TPSA) is 86.2 Å². The molecule has 0 saturated carbocycles.